The van der Waals surface area contributed by atoms with E-state index in [1.807, 2.05) is 12.1 Å². The van der Waals surface area contributed by atoms with Crippen LogP contribution in [0.3, 0.4) is 0 Å². The van der Waals surface area contributed by atoms with Gasteiger partial charge >= 0.3 is 0 Å². The third-order valence-corrected chi connectivity index (χ3v) is 3.42. The Morgan fingerprint density at radius 2 is 1.93 bits per heavy atom. The van der Waals surface area contributed by atoms with Crippen LogP contribution in [0, 0.1) is 0 Å². The Bertz CT molecular complexity index is 326. The predicted molar refractivity (Wildman–Crippen MR) is 67.9 cm³/mol. The molecule has 2 rings (SSSR count). The Morgan fingerprint density at radius 3 is 2.53 bits per heavy atom. The lowest BCUT2D eigenvalue weighted by molar-refractivity contribution is 0.455. The summed E-state index contributed by atoms with van der Waals surface area (Å²) in [5, 5.41) is 12.7. The molecular weight excluding hydrogens is 277 g/mol. The molecule has 0 atom stereocenters. The zero-order valence-electron chi connectivity index (χ0n) is 8.37. The lowest BCUT2D eigenvalue weighted by Crippen LogP contribution is -2.26. The summed E-state index contributed by atoms with van der Waals surface area (Å²) in [5.41, 5.74) is 1.33. The number of hydrogen-bond donors (Lipinski definition) is 2. The van der Waals surface area contributed by atoms with E-state index >= 15 is 0 Å². The maximum Gasteiger partial charge on any atom is 0.129 e. The SMILES string of the molecule is Cl.Oc1ccc(C2CCNCC2)cc1Br. The van der Waals surface area contributed by atoms with E-state index in [1.165, 1.54) is 18.4 Å². The topological polar surface area (TPSA) is 32.3 Å². The Labute approximate surface area is 105 Å². The second-order valence-corrected chi connectivity index (χ2v) is 4.59. The Balaban J connectivity index is 0.00000112. The maximum absolute atomic E-state index is 9.38. The molecule has 0 spiro atoms. The molecule has 2 N–H and O–H groups in total. The van der Waals surface area contributed by atoms with Crippen LogP contribution in [-0.2, 0) is 0 Å². The lowest BCUT2D eigenvalue weighted by atomic mass is 9.90. The molecule has 4 heteroatoms. The smallest absolute Gasteiger partial charge is 0.129 e. The van der Waals surface area contributed by atoms with E-state index in [0.29, 0.717) is 11.7 Å². The highest BCUT2D eigenvalue weighted by Crippen LogP contribution is 2.31. The summed E-state index contributed by atoms with van der Waals surface area (Å²) >= 11 is 3.35. The van der Waals surface area contributed by atoms with Crippen molar-refractivity contribution in [2.45, 2.75) is 18.8 Å². The normalized spacial score (nSPS) is 17.1. The molecule has 0 bridgehead atoms. The summed E-state index contributed by atoms with van der Waals surface area (Å²) in [4.78, 5) is 0. The average Bonchev–Trinajstić information content (AvgIpc) is 2.23. The van der Waals surface area contributed by atoms with E-state index in [4.69, 9.17) is 0 Å². The first-order valence-corrected chi connectivity index (χ1v) is 5.76. The first-order chi connectivity index (χ1) is 6.77. The van der Waals surface area contributed by atoms with Gasteiger partial charge in [0.05, 0.1) is 4.47 Å². The lowest BCUT2D eigenvalue weighted by Gasteiger charge is -2.23. The van der Waals surface area contributed by atoms with Crippen molar-refractivity contribution >= 4 is 28.3 Å². The van der Waals surface area contributed by atoms with E-state index < -0.39 is 0 Å². The number of rotatable bonds is 1. The van der Waals surface area contributed by atoms with Crippen molar-refractivity contribution in [3.63, 3.8) is 0 Å². The summed E-state index contributed by atoms with van der Waals surface area (Å²) in [5.74, 6) is 0.968. The van der Waals surface area contributed by atoms with Gasteiger partial charge in [-0.2, -0.15) is 0 Å². The van der Waals surface area contributed by atoms with E-state index in [-0.39, 0.29) is 12.4 Å². The molecule has 0 aliphatic carbocycles. The number of piperidine rings is 1. The molecule has 1 saturated heterocycles. The van der Waals surface area contributed by atoms with Crippen molar-refractivity contribution in [2.24, 2.45) is 0 Å². The minimum absolute atomic E-state index is 0. The quantitative estimate of drug-likeness (QED) is 0.834. The first kappa shape index (κ1) is 12.8. The molecular formula is C11H15BrClNO. The van der Waals surface area contributed by atoms with E-state index in [9.17, 15) is 5.11 Å². The van der Waals surface area contributed by atoms with E-state index in [2.05, 4.69) is 21.2 Å². The molecule has 1 aromatic carbocycles. The molecule has 0 amide bonds. The molecule has 84 valence electrons. The number of phenolic OH excluding ortho intramolecular Hbond substituents is 1. The molecule has 1 aliphatic heterocycles. The molecule has 15 heavy (non-hydrogen) atoms. The van der Waals surface area contributed by atoms with Crippen LogP contribution in [-0.4, -0.2) is 18.2 Å². The van der Waals surface area contributed by atoms with Gasteiger partial charge in [0, 0.05) is 0 Å². The maximum atomic E-state index is 9.38. The van der Waals surface area contributed by atoms with Gasteiger partial charge in [-0.1, -0.05) is 6.07 Å². The van der Waals surface area contributed by atoms with Gasteiger partial charge in [-0.05, 0) is 65.5 Å². The summed E-state index contributed by atoms with van der Waals surface area (Å²) < 4.78 is 0.800. The van der Waals surface area contributed by atoms with Gasteiger partial charge in [0.1, 0.15) is 5.75 Å². The molecule has 0 radical (unpaired) electrons. The highest BCUT2D eigenvalue weighted by Gasteiger charge is 2.15. The number of aromatic hydroxyl groups is 1. The molecule has 0 unspecified atom stereocenters. The van der Waals surface area contributed by atoms with Crippen LogP contribution in [0.4, 0.5) is 0 Å². The fraction of sp³-hybridized carbons (Fsp3) is 0.455. The van der Waals surface area contributed by atoms with Crippen LogP contribution in [0.25, 0.3) is 0 Å². The summed E-state index contributed by atoms with van der Waals surface area (Å²) in [6.45, 7) is 2.20. The van der Waals surface area contributed by atoms with Gasteiger partial charge in [0.15, 0.2) is 0 Å². The van der Waals surface area contributed by atoms with Crippen LogP contribution in [0.2, 0.25) is 0 Å². The second kappa shape index (κ2) is 5.73. The van der Waals surface area contributed by atoms with Gasteiger partial charge in [-0.15, -0.1) is 12.4 Å². The fourth-order valence-electron chi connectivity index (χ4n) is 1.93. The van der Waals surface area contributed by atoms with E-state index in [0.717, 1.165) is 17.6 Å². The summed E-state index contributed by atoms with van der Waals surface area (Å²) in [7, 11) is 0. The molecule has 1 heterocycles. The van der Waals surface area contributed by atoms with Crippen LogP contribution in [0.5, 0.6) is 5.75 Å². The number of halogens is 2. The van der Waals surface area contributed by atoms with E-state index in [1.54, 1.807) is 6.07 Å². The van der Waals surface area contributed by atoms with Crippen LogP contribution < -0.4 is 5.32 Å². The Kier molecular flexibility index (Phi) is 4.90. The van der Waals surface area contributed by atoms with Gasteiger partial charge in [-0.3, -0.25) is 0 Å². The fourth-order valence-corrected chi connectivity index (χ4v) is 2.33. The van der Waals surface area contributed by atoms with Crippen molar-refractivity contribution in [1.29, 1.82) is 0 Å². The van der Waals surface area contributed by atoms with Crippen molar-refractivity contribution in [2.75, 3.05) is 13.1 Å². The van der Waals surface area contributed by atoms with Crippen molar-refractivity contribution < 1.29 is 5.11 Å². The first-order valence-electron chi connectivity index (χ1n) is 4.96. The highest BCUT2D eigenvalue weighted by atomic mass is 79.9. The van der Waals surface area contributed by atoms with Crippen LogP contribution in [0.1, 0.15) is 24.3 Å². The number of hydrogen-bond acceptors (Lipinski definition) is 2. The molecule has 1 aromatic rings. The molecule has 0 aromatic heterocycles. The third kappa shape index (κ3) is 3.10. The standard InChI is InChI=1S/C11H14BrNO.ClH/c12-10-7-9(1-2-11(10)14)8-3-5-13-6-4-8;/h1-2,7-8,13-14H,3-6H2;1H. The third-order valence-electron chi connectivity index (χ3n) is 2.78. The predicted octanol–water partition coefficient (Wildman–Crippen LogP) is 3.04. The van der Waals surface area contributed by atoms with Gasteiger partial charge in [0.25, 0.3) is 0 Å². The number of benzene rings is 1. The monoisotopic (exact) mass is 291 g/mol. The molecule has 1 aliphatic rings. The molecule has 1 fully saturated rings. The average molecular weight is 293 g/mol. The van der Waals surface area contributed by atoms with Gasteiger partial charge < -0.3 is 10.4 Å². The molecule has 0 saturated carbocycles. The van der Waals surface area contributed by atoms with Crippen LogP contribution >= 0.6 is 28.3 Å². The van der Waals surface area contributed by atoms with Gasteiger partial charge in [0.2, 0.25) is 0 Å². The minimum Gasteiger partial charge on any atom is -0.507 e. The summed E-state index contributed by atoms with van der Waals surface area (Å²) in [6.07, 6.45) is 2.38. The number of phenols is 1. The zero-order valence-corrected chi connectivity index (χ0v) is 10.8. The zero-order chi connectivity index (χ0) is 9.97. The highest BCUT2D eigenvalue weighted by molar-refractivity contribution is 9.10. The Morgan fingerprint density at radius 1 is 1.27 bits per heavy atom. The van der Waals surface area contributed by atoms with Crippen LogP contribution in [0.15, 0.2) is 22.7 Å². The largest absolute Gasteiger partial charge is 0.507 e. The second-order valence-electron chi connectivity index (χ2n) is 3.74. The Hall–Kier alpha value is -0.250. The van der Waals surface area contributed by atoms with Gasteiger partial charge in [-0.25, -0.2) is 0 Å². The molecule has 2 nitrogen and oxygen atoms in total. The minimum atomic E-state index is 0. The van der Waals surface area contributed by atoms with Crippen molar-refractivity contribution in [3.8, 4) is 5.75 Å². The van der Waals surface area contributed by atoms with Crippen molar-refractivity contribution in [3.05, 3.63) is 28.2 Å². The number of nitrogens with one attached hydrogen (secondary N) is 1. The van der Waals surface area contributed by atoms with Crippen molar-refractivity contribution in [1.82, 2.24) is 5.32 Å². The summed E-state index contributed by atoms with van der Waals surface area (Å²) in [6, 6.07) is 5.82.